The highest BCUT2D eigenvalue weighted by Crippen LogP contribution is 2.15. The summed E-state index contributed by atoms with van der Waals surface area (Å²) in [4.78, 5) is 23.2. The van der Waals surface area contributed by atoms with Crippen molar-refractivity contribution in [1.29, 1.82) is 0 Å². The Labute approximate surface area is 164 Å². The van der Waals surface area contributed by atoms with Gasteiger partial charge in [0.25, 0.3) is 5.91 Å². The molecule has 0 aliphatic carbocycles. The highest BCUT2D eigenvalue weighted by molar-refractivity contribution is 7.89. The number of carbonyl (C=O) groups excluding carboxylic acids is 2. The number of amides is 1. The Balaban J connectivity index is 1.75. The summed E-state index contributed by atoms with van der Waals surface area (Å²) in [5.41, 5.74) is -0.266. The number of ether oxygens (including phenoxy) is 1. The fourth-order valence-corrected chi connectivity index (χ4v) is 3.14. The van der Waals surface area contributed by atoms with Crippen LogP contribution in [0.25, 0.3) is 0 Å². The molecule has 0 atom stereocenters. The van der Waals surface area contributed by atoms with Crippen LogP contribution in [0.4, 0.5) is 14.5 Å². The van der Waals surface area contributed by atoms with Crippen molar-refractivity contribution in [2.45, 2.75) is 11.3 Å². The number of hydrogen-bond acceptors (Lipinski definition) is 5. The molecule has 2 aromatic rings. The van der Waals surface area contributed by atoms with Crippen LogP contribution in [0.5, 0.6) is 0 Å². The molecule has 2 N–H and O–H groups in total. The van der Waals surface area contributed by atoms with Crippen molar-refractivity contribution in [1.82, 2.24) is 4.72 Å². The van der Waals surface area contributed by atoms with E-state index < -0.39 is 40.1 Å². The highest BCUT2D eigenvalue weighted by atomic mass is 35.5. The van der Waals surface area contributed by atoms with Crippen molar-refractivity contribution >= 4 is 39.2 Å². The fourth-order valence-electron chi connectivity index (χ4n) is 1.98. The van der Waals surface area contributed by atoms with Crippen molar-refractivity contribution < 1.29 is 31.5 Å². The molecule has 2 aromatic carbocycles. The molecule has 1 amide bonds. The normalized spacial score (nSPS) is 11.1. The molecule has 150 valence electrons. The minimum absolute atomic E-state index is 0.0223. The molecule has 0 heterocycles. The second-order valence-electron chi connectivity index (χ2n) is 5.43. The second-order valence-corrected chi connectivity index (χ2v) is 7.64. The fraction of sp³-hybridized carbons (Fsp3) is 0.176. The molecule has 11 heteroatoms. The van der Waals surface area contributed by atoms with E-state index in [0.717, 1.165) is 12.1 Å². The molecule has 0 saturated carbocycles. The van der Waals surface area contributed by atoms with Crippen LogP contribution in [0.15, 0.2) is 47.4 Å². The summed E-state index contributed by atoms with van der Waals surface area (Å²) in [7, 11) is -3.82. The van der Waals surface area contributed by atoms with Gasteiger partial charge in [-0.15, -0.1) is 0 Å². The summed E-state index contributed by atoms with van der Waals surface area (Å²) >= 11 is 5.69. The van der Waals surface area contributed by atoms with E-state index in [-0.39, 0.29) is 23.5 Å². The monoisotopic (exact) mass is 432 g/mol. The molecule has 0 aliphatic rings. The van der Waals surface area contributed by atoms with Crippen molar-refractivity contribution in [3.63, 3.8) is 0 Å². The van der Waals surface area contributed by atoms with Crippen molar-refractivity contribution in [3.8, 4) is 0 Å². The molecule has 0 bridgehead atoms. The number of nitrogens with one attached hydrogen (secondary N) is 2. The van der Waals surface area contributed by atoms with Crippen LogP contribution in [0.1, 0.15) is 6.42 Å². The van der Waals surface area contributed by atoms with Gasteiger partial charge in [-0.1, -0.05) is 11.6 Å². The average Bonchev–Trinajstić information content (AvgIpc) is 2.62. The Morgan fingerprint density at radius 3 is 2.39 bits per heavy atom. The molecular weight excluding hydrogens is 418 g/mol. The van der Waals surface area contributed by atoms with Crippen LogP contribution in [0.3, 0.4) is 0 Å². The Morgan fingerprint density at radius 2 is 1.75 bits per heavy atom. The van der Waals surface area contributed by atoms with E-state index in [1.165, 1.54) is 24.3 Å². The van der Waals surface area contributed by atoms with Gasteiger partial charge in [0, 0.05) is 17.6 Å². The molecular formula is C17H15ClF2N2O5S. The quantitative estimate of drug-likeness (QED) is 0.624. The summed E-state index contributed by atoms with van der Waals surface area (Å²) < 4.78 is 57.1. The molecule has 0 aromatic heterocycles. The zero-order valence-corrected chi connectivity index (χ0v) is 15.8. The second kappa shape index (κ2) is 9.58. The number of esters is 1. The first kappa shape index (κ1) is 21.7. The zero-order valence-electron chi connectivity index (χ0n) is 14.2. The van der Waals surface area contributed by atoms with Crippen LogP contribution in [0.2, 0.25) is 5.02 Å². The molecule has 0 unspecified atom stereocenters. The van der Waals surface area contributed by atoms with Crippen LogP contribution < -0.4 is 10.0 Å². The topological polar surface area (TPSA) is 102 Å². The smallest absolute Gasteiger partial charge is 0.307 e. The van der Waals surface area contributed by atoms with Gasteiger partial charge in [0.15, 0.2) is 6.61 Å². The highest BCUT2D eigenvalue weighted by Gasteiger charge is 2.15. The van der Waals surface area contributed by atoms with Crippen LogP contribution in [-0.2, 0) is 24.3 Å². The average molecular weight is 433 g/mol. The van der Waals surface area contributed by atoms with E-state index in [9.17, 15) is 26.8 Å². The van der Waals surface area contributed by atoms with Crippen molar-refractivity contribution in [2.24, 2.45) is 0 Å². The largest absolute Gasteiger partial charge is 0.456 e. The summed E-state index contributed by atoms with van der Waals surface area (Å²) in [6.07, 6.45) is -0.328. The number of carbonyl (C=O) groups is 2. The SMILES string of the molecule is O=C(COC(=O)CCNS(=O)(=O)c1ccc(Cl)cc1)Nc1ccc(F)cc1F. The first-order valence-electron chi connectivity index (χ1n) is 7.83. The summed E-state index contributed by atoms with van der Waals surface area (Å²) in [5.74, 6) is -3.45. The van der Waals surface area contributed by atoms with E-state index in [2.05, 4.69) is 14.8 Å². The molecule has 0 saturated heterocycles. The van der Waals surface area contributed by atoms with Crippen LogP contribution in [0, 0.1) is 11.6 Å². The summed E-state index contributed by atoms with van der Waals surface area (Å²) in [6, 6.07) is 8.01. The third kappa shape index (κ3) is 6.55. The Kier molecular flexibility index (Phi) is 7.44. The number of anilines is 1. The van der Waals surface area contributed by atoms with Gasteiger partial charge in [0.05, 0.1) is 17.0 Å². The van der Waals surface area contributed by atoms with E-state index in [1.807, 2.05) is 0 Å². The van der Waals surface area contributed by atoms with Gasteiger partial charge < -0.3 is 10.1 Å². The van der Waals surface area contributed by atoms with Gasteiger partial charge in [-0.2, -0.15) is 0 Å². The first-order valence-corrected chi connectivity index (χ1v) is 9.69. The summed E-state index contributed by atoms with van der Waals surface area (Å²) in [6.45, 7) is -0.961. The predicted octanol–water partition coefficient (Wildman–Crippen LogP) is 2.47. The van der Waals surface area contributed by atoms with Crippen LogP contribution in [-0.4, -0.2) is 33.4 Å². The zero-order chi connectivity index (χ0) is 20.7. The lowest BCUT2D eigenvalue weighted by Gasteiger charge is -2.08. The van der Waals surface area contributed by atoms with Gasteiger partial charge in [-0.3, -0.25) is 9.59 Å². The minimum Gasteiger partial charge on any atom is -0.456 e. The Morgan fingerprint density at radius 1 is 1.07 bits per heavy atom. The summed E-state index contributed by atoms with van der Waals surface area (Å²) in [5, 5.41) is 2.50. The lowest BCUT2D eigenvalue weighted by atomic mass is 10.3. The van der Waals surface area contributed by atoms with Gasteiger partial charge in [0.2, 0.25) is 10.0 Å². The lowest BCUT2D eigenvalue weighted by Crippen LogP contribution is -2.28. The molecule has 0 radical (unpaired) electrons. The van der Waals surface area contributed by atoms with Gasteiger partial charge >= 0.3 is 5.97 Å². The number of rotatable bonds is 8. The molecule has 0 fully saturated rings. The van der Waals surface area contributed by atoms with Gasteiger partial charge in [-0.05, 0) is 36.4 Å². The van der Waals surface area contributed by atoms with Crippen molar-refractivity contribution in [3.05, 3.63) is 59.1 Å². The van der Waals surface area contributed by atoms with Gasteiger partial charge in [0.1, 0.15) is 11.6 Å². The van der Waals surface area contributed by atoms with E-state index >= 15 is 0 Å². The number of hydrogen-bond donors (Lipinski definition) is 2. The first-order chi connectivity index (χ1) is 13.2. The third-order valence-corrected chi connectivity index (χ3v) is 5.04. The maximum Gasteiger partial charge on any atom is 0.307 e. The van der Waals surface area contributed by atoms with Crippen LogP contribution >= 0.6 is 11.6 Å². The third-order valence-electron chi connectivity index (χ3n) is 3.31. The molecule has 0 aliphatic heterocycles. The van der Waals surface area contributed by atoms with Gasteiger partial charge in [-0.25, -0.2) is 21.9 Å². The predicted molar refractivity (Wildman–Crippen MR) is 97.2 cm³/mol. The number of sulfonamides is 1. The molecule has 7 nitrogen and oxygen atoms in total. The molecule has 28 heavy (non-hydrogen) atoms. The lowest BCUT2D eigenvalue weighted by molar-refractivity contribution is -0.147. The molecule has 2 rings (SSSR count). The van der Waals surface area contributed by atoms with Crippen molar-refractivity contribution in [2.75, 3.05) is 18.5 Å². The molecule has 0 spiro atoms. The van der Waals surface area contributed by atoms with E-state index in [1.54, 1.807) is 0 Å². The Hall–Kier alpha value is -2.56. The Bertz CT molecular complexity index is 968. The maximum atomic E-state index is 13.4. The number of halogens is 3. The standard InChI is InChI=1S/C17H15ClF2N2O5S/c18-11-1-4-13(5-2-11)28(25,26)21-8-7-17(24)27-10-16(23)22-15-6-3-12(19)9-14(15)20/h1-6,9,21H,7-8,10H2,(H,22,23). The van der Waals surface area contributed by atoms with E-state index in [0.29, 0.717) is 11.1 Å². The van der Waals surface area contributed by atoms with E-state index in [4.69, 9.17) is 11.6 Å². The minimum atomic E-state index is -3.82. The number of benzene rings is 2. The maximum absolute atomic E-state index is 13.4.